The van der Waals surface area contributed by atoms with Crippen molar-refractivity contribution in [1.82, 2.24) is 0 Å². The van der Waals surface area contributed by atoms with Crippen molar-refractivity contribution < 1.29 is 45.3 Å². The normalized spacial score (nSPS) is 19.3. The molecule has 0 amide bonds. The summed E-state index contributed by atoms with van der Waals surface area (Å²) in [5.74, 6) is -6.87. The molecule has 0 N–H and O–H groups in total. The Kier molecular flexibility index (Phi) is 6.90. The van der Waals surface area contributed by atoms with E-state index >= 15 is 0 Å². The van der Waals surface area contributed by atoms with Gasteiger partial charge in [-0.05, 0) is 18.6 Å². The summed E-state index contributed by atoms with van der Waals surface area (Å²) in [6.45, 7) is 2.91. The van der Waals surface area contributed by atoms with E-state index in [0.717, 1.165) is 25.0 Å². The van der Waals surface area contributed by atoms with Crippen molar-refractivity contribution in [1.29, 1.82) is 0 Å². The molecule has 0 aromatic heterocycles. The van der Waals surface area contributed by atoms with E-state index in [1.807, 2.05) is 6.92 Å². The molecule has 168 valence electrons. The van der Waals surface area contributed by atoms with Gasteiger partial charge in [0.05, 0.1) is 18.8 Å². The zero-order valence-corrected chi connectivity index (χ0v) is 16.3. The SMILES string of the molecule is CCCC1COC(c2ccc(C(=O)Oc3cc(F)c(C(F)(F)F)c(F)c3)c(F)c2)OC1. The van der Waals surface area contributed by atoms with Crippen molar-refractivity contribution in [3.05, 3.63) is 64.5 Å². The van der Waals surface area contributed by atoms with Gasteiger partial charge in [0.2, 0.25) is 0 Å². The minimum Gasteiger partial charge on any atom is -0.423 e. The van der Waals surface area contributed by atoms with Crippen molar-refractivity contribution in [2.45, 2.75) is 32.2 Å². The zero-order valence-electron chi connectivity index (χ0n) is 16.3. The molecule has 1 heterocycles. The number of carbonyl (C=O) groups excluding carboxylic acids is 1. The third kappa shape index (κ3) is 5.37. The topological polar surface area (TPSA) is 44.8 Å². The van der Waals surface area contributed by atoms with Gasteiger partial charge in [-0.2, -0.15) is 13.2 Å². The fourth-order valence-electron chi connectivity index (χ4n) is 3.20. The van der Waals surface area contributed by atoms with Gasteiger partial charge in [-0.3, -0.25) is 0 Å². The molecule has 1 aliphatic rings. The number of ether oxygens (including phenoxy) is 3. The summed E-state index contributed by atoms with van der Waals surface area (Å²) in [5, 5.41) is 0. The molecule has 1 saturated heterocycles. The van der Waals surface area contributed by atoms with Gasteiger partial charge in [0.15, 0.2) is 6.29 Å². The standard InChI is InChI=1S/C21H18F6O4/c1-2-3-11-9-29-20(30-10-11)12-4-5-14(15(22)6-12)19(28)31-13-7-16(23)18(17(24)8-13)21(25,26)27/h4-8,11,20H,2-3,9-10H2,1H3. The first-order valence-electron chi connectivity index (χ1n) is 9.41. The van der Waals surface area contributed by atoms with E-state index in [1.165, 1.54) is 6.07 Å². The largest absolute Gasteiger partial charge is 0.423 e. The van der Waals surface area contributed by atoms with Crippen LogP contribution in [0, 0.1) is 23.4 Å². The van der Waals surface area contributed by atoms with Gasteiger partial charge in [0, 0.05) is 23.6 Å². The van der Waals surface area contributed by atoms with Gasteiger partial charge < -0.3 is 14.2 Å². The average molecular weight is 448 g/mol. The fraction of sp³-hybridized carbons (Fsp3) is 0.381. The second-order valence-electron chi connectivity index (χ2n) is 7.04. The van der Waals surface area contributed by atoms with Crippen LogP contribution in [0.1, 0.15) is 47.5 Å². The van der Waals surface area contributed by atoms with Crippen LogP contribution >= 0.6 is 0 Å². The molecule has 0 saturated carbocycles. The summed E-state index contributed by atoms with van der Waals surface area (Å²) in [7, 11) is 0. The molecule has 0 radical (unpaired) electrons. The van der Waals surface area contributed by atoms with Crippen LogP contribution in [-0.2, 0) is 15.7 Å². The van der Waals surface area contributed by atoms with E-state index < -0.39 is 52.8 Å². The van der Waals surface area contributed by atoms with E-state index in [4.69, 9.17) is 9.47 Å². The monoisotopic (exact) mass is 448 g/mol. The molecule has 10 heteroatoms. The minimum absolute atomic E-state index is 0.201. The van der Waals surface area contributed by atoms with Crippen LogP contribution in [-0.4, -0.2) is 19.2 Å². The van der Waals surface area contributed by atoms with Gasteiger partial charge in [-0.15, -0.1) is 0 Å². The van der Waals surface area contributed by atoms with Gasteiger partial charge in [0.1, 0.15) is 28.8 Å². The van der Waals surface area contributed by atoms with Crippen LogP contribution in [0.3, 0.4) is 0 Å². The maximum atomic E-state index is 14.4. The second-order valence-corrected chi connectivity index (χ2v) is 7.04. The molecule has 0 spiro atoms. The van der Waals surface area contributed by atoms with Crippen molar-refractivity contribution in [3.63, 3.8) is 0 Å². The lowest BCUT2D eigenvalue weighted by molar-refractivity contribution is -0.206. The van der Waals surface area contributed by atoms with Crippen molar-refractivity contribution in [2.24, 2.45) is 5.92 Å². The Morgan fingerprint density at radius 1 is 1.03 bits per heavy atom. The maximum Gasteiger partial charge on any atom is 0.422 e. The minimum atomic E-state index is -5.27. The third-order valence-electron chi connectivity index (χ3n) is 4.66. The summed E-state index contributed by atoms with van der Waals surface area (Å²) in [4.78, 5) is 12.1. The Labute approximate surface area is 173 Å². The maximum absolute atomic E-state index is 14.4. The first-order valence-corrected chi connectivity index (χ1v) is 9.41. The number of carbonyl (C=O) groups is 1. The van der Waals surface area contributed by atoms with E-state index in [9.17, 15) is 31.1 Å². The van der Waals surface area contributed by atoms with Crippen LogP contribution in [0.5, 0.6) is 5.75 Å². The third-order valence-corrected chi connectivity index (χ3v) is 4.66. The number of hydrogen-bond acceptors (Lipinski definition) is 4. The molecule has 1 aliphatic heterocycles. The molecule has 2 aromatic carbocycles. The summed E-state index contributed by atoms with van der Waals surface area (Å²) in [6, 6.07) is 3.82. The lowest BCUT2D eigenvalue weighted by Crippen LogP contribution is -2.27. The van der Waals surface area contributed by atoms with Crippen LogP contribution in [0.4, 0.5) is 26.3 Å². The zero-order chi connectivity index (χ0) is 22.8. The highest BCUT2D eigenvalue weighted by Gasteiger charge is 2.38. The number of benzene rings is 2. The summed E-state index contributed by atoms with van der Waals surface area (Å²) in [6.07, 6.45) is -4.18. The number of alkyl halides is 3. The van der Waals surface area contributed by atoms with Crippen molar-refractivity contribution >= 4 is 5.97 Å². The lowest BCUT2D eigenvalue weighted by Gasteiger charge is -2.29. The molecule has 1 fully saturated rings. The highest BCUT2D eigenvalue weighted by Crippen LogP contribution is 2.35. The van der Waals surface area contributed by atoms with Gasteiger partial charge in [-0.25, -0.2) is 18.0 Å². The van der Waals surface area contributed by atoms with E-state index in [1.54, 1.807) is 0 Å². The molecule has 0 aliphatic carbocycles. The van der Waals surface area contributed by atoms with Crippen LogP contribution < -0.4 is 4.74 Å². The first-order chi connectivity index (χ1) is 14.6. The highest BCUT2D eigenvalue weighted by atomic mass is 19.4. The molecule has 0 atom stereocenters. The molecule has 0 unspecified atom stereocenters. The Hall–Kier alpha value is -2.59. The predicted octanol–water partition coefficient (Wildman–Crippen LogP) is 5.80. The summed E-state index contributed by atoms with van der Waals surface area (Å²) < 4.78 is 95.3. The quantitative estimate of drug-likeness (QED) is 0.329. The second kappa shape index (κ2) is 9.27. The van der Waals surface area contributed by atoms with Gasteiger partial charge in [-0.1, -0.05) is 19.4 Å². The molecule has 31 heavy (non-hydrogen) atoms. The molecular weight excluding hydrogens is 430 g/mol. The smallest absolute Gasteiger partial charge is 0.422 e. The fourth-order valence-corrected chi connectivity index (χ4v) is 3.20. The number of hydrogen-bond donors (Lipinski definition) is 0. The molecule has 2 aromatic rings. The number of rotatable bonds is 5. The number of esters is 1. The number of halogens is 6. The molecule has 0 bridgehead atoms. The predicted molar refractivity (Wildman–Crippen MR) is 95.8 cm³/mol. The Morgan fingerprint density at radius 3 is 2.16 bits per heavy atom. The average Bonchev–Trinajstić information content (AvgIpc) is 2.67. The van der Waals surface area contributed by atoms with Gasteiger partial charge in [0.25, 0.3) is 0 Å². The van der Waals surface area contributed by atoms with Crippen molar-refractivity contribution in [3.8, 4) is 5.75 Å². The molecular formula is C21H18F6O4. The van der Waals surface area contributed by atoms with Crippen molar-refractivity contribution in [2.75, 3.05) is 13.2 Å². The van der Waals surface area contributed by atoms with E-state index in [-0.39, 0.29) is 18.1 Å². The lowest BCUT2D eigenvalue weighted by atomic mass is 10.0. The summed E-state index contributed by atoms with van der Waals surface area (Å²) >= 11 is 0. The van der Waals surface area contributed by atoms with Crippen LogP contribution in [0.15, 0.2) is 30.3 Å². The Balaban J connectivity index is 1.72. The van der Waals surface area contributed by atoms with E-state index in [0.29, 0.717) is 18.8 Å². The summed E-state index contributed by atoms with van der Waals surface area (Å²) in [5.41, 5.74) is -2.38. The van der Waals surface area contributed by atoms with E-state index in [2.05, 4.69) is 4.74 Å². The Morgan fingerprint density at radius 2 is 1.65 bits per heavy atom. The van der Waals surface area contributed by atoms with Gasteiger partial charge >= 0.3 is 12.1 Å². The first kappa shape index (κ1) is 23.1. The molecule has 4 nitrogen and oxygen atoms in total. The Bertz CT molecular complexity index is 928. The van der Waals surface area contributed by atoms with Crippen LogP contribution in [0.2, 0.25) is 0 Å². The molecule has 3 rings (SSSR count). The highest BCUT2D eigenvalue weighted by molar-refractivity contribution is 5.91. The van der Waals surface area contributed by atoms with Crippen LogP contribution in [0.25, 0.3) is 0 Å².